The Labute approximate surface area is 161 Å². The van der Waals surface area contributed by atoms with Crippen LogP contribution in [0.4, 0.5) is 5.82 Å². The molecule has 0 radical (unpaired) electrons. The number of anilines is 1. The molecule has 0 bridgehead atoms. The van der Waals surface area contributed by atoms with Gasteiger partial charge in [0.15, 0.2) is 0 Å². The van der Waals surface area contributed by atoms with E-state index in [0.29, 0.717) is 11.8 Å². The van der Waals surface area contributed by atoms with Gasteiger partial charge in [0.05, 0.1) is 12.3 Å². The minimum atomic E-state index is 0.561. The van der Waals surface area contributed by atoms with Crippen molar-refractivity contribution in [3.8, 4) is 5.88 Å². The van der Waals surface area contributed by atoms with Gasteiger partial charge in [-0.25, -0.2) is 9.97 Å². The van der Waals surface area contributed by atoms with Crippen molar-refractivity contribution in [2.24, 2.45) is 5.92 Å². The summed E-state index contributed by atoms with van der Waals surface area (Å²) in [4.78, 5) is 11.9. The molecule has 6 nitrogen and oxygen atoms in total. The monoisotopic (exact) mass is 367 g/mol. The van der Waals surface area contributed by atoms with Gasteiger partial charge in [0.25, 0.3) is 0 Å². The SMILES string of the molecule is CCc1cc(OCC2CCN(c3nc(C)nc4c3CCC4)CC2)nnc1C. The number of aryl methyl sites for hydroxylation is 4. The number of ether oxygens (including phenoxy) is 1. The molecular formula is C21H29N5O. The van der Waals surface area contributed by atoms with Crippen molar-refractivity contribution in [2.75, 3.05) is 24.6 Å². The molecule has 0 aromatic carbocycles. The Bertz CT molecular complexity index is 814. The highest BCUT2D eigenvalue weighted by atomic mass is 16.5. The maximum Gasteiger partial charge on any atom is 0.233 e. The van der Waals surface area contributed by atoms with E-state index >= 15 is 0 Å². The largest absolute Gasteiger partial charge is 0.476 e. The zero-order valence-electron chi connectivity index (χ0n) is 16.7. The average Bonchev–Trinajstić information content (AvgIpc) is 3.15. The van der Waals surface area contributed by atoms with Crippen LogP contribution in [0.1, 0.15) is 54.5 Å². The maximum atomic E-state index is 5.96. The molecule has 0 spiro atoms. The topological polar surface area (TPSA) is 64.0 Å². The lowest BCUT2D eigenvalue weighted by molar-refractivity contribution is 0.213. The van der Waals surface area contributed by atoms with Crippen LogP contribution in [0.3, 0.4) is 0 Å². The van der Waals surface area contributed by atoms with E-state index in [-0.39, 0.29) is 0 Å². The van der Waals surface area contributed by atoms with Crippen molar-refractivity contribution in [3.05, 3.63) is 34.4 Å². The Kier molecular flexibility index (Phi) is 5.23. The van der Waals surface area contributed by atoms with E-state index in [2.05, 4.69) is 27.0 Å². The van der Waals surface area contributed by atoms with E-state index in [1.54, 1.807) is 0 Å². The lowest BCUT2D eigenvalue weighted by Crippen LogP contribution is -2.37. The second kappa shape index (κ2) is 7.79. The molecule has 3 heterocycles. The summed E-state index contributed by atoms with van der Waals surface area (Å²) in [5.74, 6) is 3.31. The molecular weight excluding hydrogens is 338 g/mol. The molecule has 6 heteroatoms. The summed E-state index contributed by atoms with van der Waals surface area (Å²) in [5, 5.41) is 8.39. The third-order valence-corrected chi connectivity index (χ3v) is 5.85. The zero-order valence-corrected chi connectivity index (χ0v) is 16.7. The fourth-order valence-electron chi connectivity index (χ4n) is 4.21. The lowest BCUT2D eigenvalue weighted by atomic mass is 9.97. The van der Waals surface area contributed by atoms with Gasteiger partial charge in [-0.3, -0.25) is 0 Å². The van der Waals surface area contributed by atoms with Gasteiger partial charge in [-0.2, -0.15) is 5.10 Å². The molecule has 2 aromatic rings. The van der Waals surface area contributed by atoms with Crippen LogP contribution in [0, 0.1) is 19.8 Å². The van der Waals surface area contributed by atoms with Gasteiger partial charge in [0.2, 0.25) is 5.88 Å². The quantitative estimate of drug-likeness (QED) is 0.808. The van der Waals surface area contributed by atoms with E-state index < -0.39 is 0 Å². The highest BCUT2D eigenvalue weighted by Gasteiger charge is 2.26. The van der Waals surface area contributed by atoms with Crippen LogP contribution in [0.25, 0.3) is 0 Å². The molecule has 0 saturated carbocycles. The fraction of sp³-hybridized carbons (Fsp3) is 0.619. The summed E-state index contributed by atoms with van der Waals surface area (Å²) < 4.78 is 5.96. The molecule has 2 aromatic heterocycles. The molecule has 1 aliphatic carbocycles. The van der Waals surface area contributed by atoms with Crippen molar-refractivity contribution in [2.45, 2.75) is 59.3 Å². The molecule has 27 heavy (non-hydrogen) atoms. The van der Waals surface area contributed by atoms with E-state index in [1.165, 1.54) is 29.1 Å². The van der Waals surface area contributed by atoms with Crippen LogP contribution in [-0.4, -0.2) is 39.9 Å². The third-order valence-electron chi connectivity index (χ3n) is 5.85. The highest BCUT2D eigenvalue weighted by molar-refractivity contribution is 5.51. The smallest absolute Gasteiger partial charge is 0.233 e. The maximum absolute atomic E-state index is 5.96. The van der Waals surface area contributed by atoms with Gasteiger partial charge in [0, 0.05) is 30.4 Å². The predicted molar refractivity (Wildman–Crippen MR) is 105 cm³/mol. The summed E-state index contributed by atoms with van der Waals surface area (Å²) in [5.41, 5.74) is 4.86. The van der Waals surface area contributed by atoms with Crippen LogP contribution < -0.4 is 9.64 Å². The summed E-state index contributed by atoms with van der Waals surface area (Å²) in [7, 11) is 0. The number of hydrogen-bond donors (Lipinski definition) is 0. The van der Waals surface area contributed by atoms with Crippen molar-refractivity contribution >= 4 is 5.82 Å². The van der Waals surface area contributed by atoms with Gasteiger partial charge in [-0.15, -0.1) is 5.10 Å². The first-order valence-electron chi connectivity index (χ1n) is 10.2. The summed E-state index contributed by atoms with van der Waals surface area (Å²) >= 11 is 0. The number of nitrogens with zero attached hydrogens (tertiary/aromatic N) is 5. The van der Waals surface area contributed by atoms with E-state index in [4.69, 9.17) is 9.72 Å². The molecule has 0 amide bonds. The zero-order chi connectivity index (χ0) is 18.8. The van der Waals surface area contributed by atoms with Gasteiger partial charge in [-0.05, 0) is 63.9 Å². The lowest BCUT2D eigenvalue weighted by Gasteiger charge is -2.33. The first kappa shape index (κ1) is 18.1. The summed E-state index contributed by atoms with van der Waals surface area (Å²) in [6, 6.07) is 2.03. The third kappa shape index (κ3) is 3.89. The Morgan fingerprint density at radius 1 is 1.11 bits per heavy atom. The van der Waals surface area contributed by atoms with Crippen LogP contribution in [0.5, 0.6) is 5.88 Å². The second-order valence-electron chi connectivity index (χ2n) is 7.76. The first-order chi connectivity index (χ1) is 13.1. The Morgan fingerprint density at radius 3 is 2.70 bits per heavy atom. The molecule has 2 aliphatic rings. The van der Waals surface area contributed by atoms with Crippen LogP contribution in [0.15, 0.2) is 6.07 Å². The normalized spacial score (nSPS) is 17.2. The summed E-state index contributed by atoms with van der Waals surface area (Å²) in [6.07, 6.45) is 6.64. The molecule has 1 aliphatic heterocycles. The summed E-state index contributed by atoms with van der Waals surface area (Å²) in [6.45, 7) is 8.94. The van der Waals surface area contributed by atoms with Gasteiger partial charge in [0.1, 0.15) is 11.6 Å². The van der Waals surface area contributed by atoms with Crippen LogP contribution in [-0.2, 0) is 19.3 Å². The van der Waals surface area contributed by atoms with E-state index in [0.717, 1.165) is 63.3 Å². The van der Waals surface area contributed by atoms with E-state index in [1.807, 2.05) is 19.9 Å². The predicted octanol–water partition coefficient (Wildman–Crippen LogP) is 3.23. The van der Waals surface area contributed by atoms with Gasteiger partial charge >= 0.3 is 0 Å². The highest BCUT2D eigenvalue weighted by Crippen LogP contribution is 2.31. The Morgan fingerprint density at radius 2 is 1.93 bits per heavy atom. The molecule has 1 saturated heterocycles. The molecule has 144 valence electrons. The van der Waals surface area contributed by atoms with Crippen LogP contribution >= 0.6 is 0 Å². The van der Waals surface area contributed by atoms with Gasteiger partial charge in [-0.1, -0.05) is 6.92 Å². The number of rotatable bonds is 5. The number of aromatic nitrogens is 4. The fourth-order valence-corrected chi connectivity index (χ4v) is 4.21. The van der Waals surface area contributed by atoms with Crippen molar-refractivity contribution in [1.82, 2.24) is 20.2 Å². The standard InChI is InChI=1S/C21H29N5O/c1-4-17-12-20(25-24-14(17)2)27-13-16-8-10-26(11-9-16)21-18-6-5-7-19(18)22-15(3)23-21/h12,16H,4-11,13H2,1-3H3. The Balaban J connectivity index is 1.35. The second-order valence-corrected chi connectivity index (χ2v) is 7.76. The van der Waals surface area contributed by atoms with Crippen LogP contribution in [0.2, 0.25) is 0 Å². The molecule has 4 rings (SSSR count). The number of fused-ring (bicyclic) bond motifs is 1. The minimum absolute atomic E-state index is 0.561. The molecule has 1 fully saturated rings. The number of piperidine rings is 1. The minimum Gasteiger partial charge on any atom is -0.476 e. The molecule has 0 atom stereocenters. The van der Waals surface area contributed by atoms with Crippen molar-refractivity contribution < 1.29 is 4.74 Å². The molecule has 0 unspecified atom stereocenters. The van der Waals surface area contributed by atoms with E-state index in [9.17, 15) is 0 Å². The first-order valence-corrected chi connectivity index (χ1v) is 10.2. The van der Waals surface area contributed by atoms with Gasteiger partial charge < -0.3 is 9.64 Å². The average molecular weight is 367 g/mol. The number of hydrogen-bond acceptors (Lipinski definition) is 6. The van der Waals surface area contributed by atoms with Crippen molar-refractivity contribution in [1.29, 1.82) is 0 Å². The Hall–Kier alpha value is -2.24. The van der Waals surface area contributed by atoms with Crippen molar-refractivity contribution in [3.63, 3.8) is 0 Å². The molecule has 0 N–H and O–H groups in total.